The van der Waals surface area contributed by atoms with Gasteiger partial charge in [-0.25, -0.2) is 9.78 Å². The lowest BCUT2D eigenvalue weighted by atomic mass is 9.95. The van der Waals surface area contributed by atoms with Crippen molar-refractivity contribution in [2.75, 3.05) is 26.2 Å². The number of nitrogens with one attached hydrogen (secondary N) is 1. The molecule has 0 spiro atoms. The molecule has 9 nitrogen and oxygen atoms in total. The van der Waals surface area contributed by atoms with E-state index in [1.807, 2.05) is 51.6 Å². The van der Waals surface area contributed by atoms with Gasteiger partial charge in [-0.05, 0) is 90.4 Å². The van der Waals surface area contributed by atoms with E-state index in [-0.39, 0.29) is 11.9 Å². The Morgan fingerprint density at radius 2 is 1.91 bits per heavy atom. The van der Waals surface area contributed by atoms with E-state index in [9.17, 15) is 9.59 Å². The van der Waals surface area contributed by atoms with Crippen molar-refractivity contribution in [2.24, 2.45) is 5.92 Å². The smallest absolute Gasteiger partial charge is 0.411 e. The Balaban J connectivity index is 1.42. The summed E-state index contributed by atoms with van der Waals surface area (Å²) in [4.78, 5) is 40.4. The molecule has 44 heavy (non-hydrogen) atoms. The topological polar surface area (TPSA) is 92.6 Å². The summed E-state index contributed by atoms with van der Waals surface area (Å²) >= 11 is 10.0. The van der Waals surface area contributed by atoms with Gasteiger partial charge in [0.05, 0.1) is 18.1 Å². The lowest BCUT2D eigenvalue weighted by Crippen LogP contribution is -2.61. The monoisotopic (exact) mass is 684 g/mol. The van der Waals surface area contributed by atoms with Crippen molar-refractivity contribution >= 4 is 39.5 Å². The number of aromatic nitrogens is 3. The van der Waals surface area contributed by atoms with Gasteiger partial charge in [0.1, 0.15) is 11.6 Å². The van der Waals surface area contributed by atoms with Crippen LogP contribution in [0.15, 0.2) is 47.5 Å². The van der Waals surface area contributed by atoms with Gasteiger partial charge < -0.3 is 14.6 Å². The highest BCUT2D eigenvalue weighted by molar-refractivity contribution is 9.10. The van der Waals surface area contributed by atoms with Crippen LogP contribution in [0.25, 0.3) is 0 Å². The molecule has 2 aliphatic rings. The maximum absolute atomic E-state index is 13.9. The van der Waals surface area contributed by atoms with Crippen LogP contribution in [0.2, 0.25) is 5.02 Å². The zero-order valence-corrected chi connectivity index (χ0v) is 28.5. The van der Waals surface area contributed by atoms with E-state index in [4.69, 9.17) is 21.3 Å². The Morgan fingerprint density at radius 3 is 2.66 bits per heavy atom. The van der Waals surface area contributed by atoms with Crippen LogP contribution in [0, 0.1) is 5.92 Å². The molecule has 0 bridgehead atoms. The third kappa shape index (κ3) is 7.64. The zero-order valence-electron chi connectivity index (χ0n) is 26.1. The summed E-state index contributed by atoms with van der Waals surface area (Å²) in [6.07, 6.45) is 7.35. The third-order valence-corrected chi connectivity index (χ3v) is 8.71. The molecule has 1 aromatic carbocycles. The van der Waals surface area contributed by atoms with Gasteiger partial charge in [0.2, 0.25) is 5.91 Å². The fraction of sp³-hybridized carbons (Fsp3) is 0.515. The number of benzene rings is 1. The third-order valence-electron chi connectivity index (χ3n) is 8.04. The molecule has 1 aliphatic carbocycles. The number of hydrogen-bond acceptors (Lipinski definition) is 6. The van der Waals surface area contributed by atoms with Gasteiger partial charge in [-0.2, -0.15) is 0 Å². The van der Waals surface area contributed by atoms with Crippen LogP contribution in [0.5, 0.6) is 0 Å². The quantitative estimate of drug-likeness (QED) is 0.337. The van der Waals surface area contributed by atoms with Crippen molar-refractivity contribution in [1.29, 1.82) is 0 Å². The number of pyridine rings is 1. The molecule has 1 unspecified atom stereocenters. The second kappa shape index (κ2) is 13.6. The average Bonchev–Trinajstić information content (AvgIpc) is 3.31. The number of hydrogen-bond donors (Lipinski definition) is 1. The van der Waals surface area contributed by atoms with Gasteiger partial charge in [-0.1, -0.05) is 31.5 Å². The molecule has 1 aliphatic heterocycles. The van der Waals surface area contributed by atoms with Crippen LogP contribution >= 0.6 is 27.5 Å². The van der Waals surface area contributed by atoms with Gasteiger partial charge in [0.25, 0.3) is 0 Å². The number of amides is 2. The van der Waals surface area contributed by atoms with Crippen LogP contribution in [-0.2, 0) is 35.3 Å². The molecular weight excluding hydrogens is 644 g/mol. The van der Waals surface area contributed by atoms with E-state index in [2.05, 4.69) is 61.7 Å². The largest absolute Gasteiger partial charge is 0.444 e. The average molecular weight is 686 g/mol. The molecule has 5 rings (SSSR count). The van der Waals surface area contributed by atoms with E-state index in [1.54, 1.807) is 4.90 Å². The van der Waals surface area contributed by atoms with E-state index in [0.717, 1.165) is 46.4 Å². The van der Waals surface area contributed by atoms with Crippen LogP contribution in [0.1, 0.15) is 68.7 Å². The van der Waals surface area contributed by atoms with Crippen molar-refractivity contribution in [3.05, 3.63) is 80.6 Å². The van der Waals surface area contributed by atoms with Crippen molar-refractivity contribution < 1.29 is 14.3 Å². The number of carbonyl (C=O) groups excluding carboxylic acids is 2. The maximum Gasteiger partial charge on any atom is 0.411 e. The van der Waals surface area contributed by atoms with Crippen molar-refractivity contribution in [3.63, 3.8) is 0 Å². The number of imidazole rings is 1. The van der Waals surface area contributed by atoms with Gasteiger partial charge in [-0.15, -0.1) is 0 Å². The molecule has 236 valence electrons. The number of ether oxygens (including phenoxy) is 1. The van der Waals surface area contributed by atoms with Crippen molar-refractivity contribution in [1.82, 2.24) is 29.7 Å². The lowest BCUT2D eigenvalue weighted by Gasteiger charge is -2.44. The fourth-order valence-corrected chi connectivity index (χ4v) is 6.70. The van der Waals surface area contributed by atoms with Crippen LogP contribution in [0.4, 0.5) is 4.79 Å². The molecule has 1 N–H and O–H groups in total. The summed E-state index contributed by atoms with van der Waals surface area (Å²) in [7, 11) is 0. The first-order chi connectivity index (χ1) is 20.9. The number of nitrogens with zero attached hydrogens (tertiary/aromatic N) is 5. The Morgan fingerprint density at radius 1 is 1.14 bits per heavy atom. The van der Waals surface area contributed by atoms with Crippen molar-refractivity contribution in [3.8, 4) is 0 Å². The van der Waals surface area contributed by atoms with Crippen molar-refractivity contribution in [2.45, 2.75) is 78.1 Å². The molecule has 1 fully saturated rings. The molecule has 0 radical (unpaired) electrons. The summed E-state index contributed by atoms with van der Waals surface area (Å²) in [5, 5.41) is 3.81. The number of piperazine rings is 1. The standard InChI is InChI=1S/C33H42BrClN6O3/c1-21(2)18-40-20-36-17-26(40)10-11-37-31(42)28-19-39(12-13-41(28)32(43)44-33(3,4)5)30-27-9-8-25(35)15-22(27)6-7-23-14-24(34)16-38-29(23)30/h8-9,14-17,20-21,28,30H,6-7,10-13,18-19H2,1-5H3,(H,37,42)/t28-,30?/m1/s1. The second-order valence-electron chi connectivity index (χ2n) is 13.1. The van der Waals surface area contributed by atoms with Gasteiger partial charge in [0, 0.05) is 66.7 Å². The number of carbonyl (C=O) groups is 2. The lowest BCUT2D eigenvalue weighted by molar-refractivity contribution is -0.129. The zero-order chi connectivity index (χ0) is 31.6. The first kappa shape index (κ1) is 32.4. The van der Waals surface area contributed by atoms with Crippen LogP contribution in [-0.4, -0.2) is 74.2 Å². The van der Waals surface area contributed by atoms with E-state index in [1.165, 1.54) is 5.56 Å². The summed E-state index contributed by atoms with van der Waals surface area (Å²) in [6.45, 7) is 12.4. The number of halogens is 2. The highest BCUT2D eigenvalue weighted by Crippen LogP contribution is 2.38. The van der Waals surface area contributed by atoms with Crippen LogP contribution < -0.4 is 5.32 Å². The minimum atomic E-state index is -0.739. The number of fused-ring (bicyclic) bond motifs is 2. The number of rotatable bonds is 7. The van der Waals surface area contributed by atoms with E-state index in [0.29, 0.717) is 43.5 Å². The Labute approximate surface area is 273 Å². The number of aryl methyl sites for hydroxylation is 2. The molecule has 3 heterocycles. The normalized spacial score (nSPS) is 18.9. The molecule has 1 saturated heterocycles. The molecule has 11 heteroatoms. The maximum atomic E-state index is 13.9. The first-order valence-corrected chi connectivity index (χ1v) is 16.5. The molecule has 3 aromatic rings. The first-order valence-electron chi connectivity index (χ1n) is 15.3. The van der Waals surface area contributed by atoms with Gasteiger partial charge in [0.15, 0.2) is 0 Å². The summed E-state index contributed by atoms with van der Waals surface area (Å²) in [5.41, 5.74) is 4.81. The molecule has 2 aromatic heterocycles. The second-order valence-corrected chi connectivity index (χ2v) is 14.5. The predicted octanol–water partition coefficient (Wildman–Crippen LogP) is 5.82. The highest BCUT2D eigenvalue weighted by atomic mass is 79.9. The minimum absolute atomic E-state index is 0.186. The SMILES string of the molecule is CC(C)Cn1cncc1CCNC(=O)[C@H]1CN(C2c3ccc(Cl)cc3CCc3cc(Br)cnc32)CCN1C(=O)OC(C)(C)C. The minimum Gasteiger partial charge on any atom is -0.444 e. The van der Waals surface area contributed by atoms with Gasteiger partial charge >= 0.3 is 6.09 Å². The van der Waals surface area contributed by atoms with Gasteiger partial charge in [-0.3, -0.25) is 19.6 Å². The molecule has 2 atom stereocenters. The van der Waals surface area contributed by atoms with E-state index >= 15 is 0 Å². The van der Waals surface area contributed by atoms with E-state index < -0.39 is 17.7 Å². The summed E-state index contributed by atoms with van der Waals surface area (Å²) in [6, 6.07) is 7.25. The molecule has 0 saturated carbocycles. The Bertz CT molecular complexity index is 1450. The Hall–Kier alpha value is -2.95. The fourth-order valence-electron chi connectivity index (χ4n) is 6.13. The molecule has 2 amide bonds. The Kier molecular flexibility index (Phi) is 10.0. The van der Waals surface area contributed by atoms with Crippen LogP contribution in [0.3, 0.4) is 0 Å². The summed E-state index contributed by atoms with van der Waals surface area (Å²) < 4.78 is 8.82. The predicted molar refractivity (Wildman–Crippen MR) is 175 cm³/mol. The molecular formula is C33H42BrClN6O3. The summed E-state index contributed by atoms with van der Waals surface area (Å²) in [5.74, 6) is 0.281. The highest BCUT2D eigenvalue weighted by Gasteiger charge is 2.41.